The van der Waals surface area contributed by atoms with Crippen LogP contribution in [0.5, 0.6) is 5.75 Å². The summed E-state index contributed by atoms with van der Waals surface area (Å²) in [7, 11) is 1.69. The molecule has 134 valence electrons. The molecule has 0 amide bonds. The molecule has 1 aromatic heterocycles. The van der Waals surface area contributed by atoms with Gasteiger partial charge < -0.3 is 10.1 Å². The van der Waals surface area contributed by atoms with Crippen LogP contribution in [0.2, 0.25) is 0 Å². The summed E-state index contributed by atoms with van der Waals surface area (Å²) in [6.45, 7) is 4.61. The molecule has 1 aromatic carbocycles. The van der Waals surface area contributed by atoms with Crippen molar-refractivity contribution < 1.29 is 4.74 Å². The fraction of sp³-hybridized carbons (Fsp3) is 0.524. The highest BCUT2D eigenvalue weighted by Gasteiger charge is 2.27. The zero-order valence-electron chi connectivity index (χ0n) is 15.5. The van der Waals surface area contributed by atoms with E-state index in [1.165, 1.54) is 32.1 Å². The van der Waals surface area contributed by atoms with Crippen LogP contribution in [0.1, 0.15) is 46.0 Å². The Labute approximate surface area is 151 Å². The number of hydrogen-bond donors (Lipinski definition) is 1. The number of nitrogens with zero attached hydrogens (tertiary/aromatic N) is 2. The highest BCUT2D eigenvalue weighted by atomic mass is 16.5. The maximum absolute atomic E-state index is 5.46. The Balaban J connectivity index is 1.73. The van der Waals surface area contributed by atoms with Gasteiger partial charge in [0.1, 0.15) is 5.75 Å². The summed E-state index contributed by atoms with van der Waals surface area (Å²) in [5, 5.41) is 3.60. The number of methoxy groups -OCH3 is 1. The fourth-order valence-electron chi connectivity index (χ4n) is 3.72. The number of para-hydroxylation sites is 1. The first kappa shape index (κ1) is 17.7. The van der Waals surface area contributed by atoms with Crippen LogP contribution < -0.4 is 10.1 Å². The van der Waals surface area contributed by atoms with E-state index < -0.39 is 0 Å². The molecule has 0 aliphatic heterocycles. The topological polar surface area (TPSA) is 47.0 Å². The molecule has 1 heterocycles. The SMILES string of the molecule is COc1ccccc1-c1ccnc(NC2CCCC2CCC(C)C)n1. The van der Waals surface area contributed by atoms with Crippen molar-refractivity contribution >= 4 is 5.95 Å². The van der Waals surface area contributed by atoms with E-state index in [4.69, 9.17) is 9.72 Å². The molecule has 4 heteroatoms. The van der Waals surface area contributed by atoms with Crippen LogP contribution >= 0.6 is 0 Å². The molecule has 1 aliphatic rings. The zero-order valence-corrected chi connectivity index (χ0v) is 15.5. The van der Waals surface area contributed by atoms with Gasteiger partial charge in [-0.2, -0.15) is 0 Å². The second kappa shape index (κ2) is 8.32. The summed E-state index contributed by atoms with van der Waals surface area (Å²) in [4.78, 5) is 9.19. The number of aromatic nitrogens is 2. The zero-order chi connectivity index (χ0) is 17.6. The average molecular weight is 339 g/mol. The summed E-state index contributed by atoms with van der Waals surface area (Å²) in [5.41, 5.74) is 1.89. The molecule has 0 radical (unpaired) electrons. The molecule has 1 aliphatic carbocycles. The molecule has 2 aromatic rings. The van der Waals surface area contributed by atoms with Gasteiger partial charge in [0.05, 0.1) is 12.8 Å². The van der Waals surface area contributed by atoms with Crippen molar-refractivity contribution in [2.45, 2.75) is 52.0 Å². The molecule has 3 rings (SSSR count). The molecule has 4 nitrogen and oxygen atoms in total. The monoisotopic (exact) mass is 339 g/mol. The Morgan fingerprint density at radius 3 is 2.84 bits per heavy atom. The lowest BCUT2D eigenvalue weighted by Gasteiger charge is -2.22. The van der Waals surface area contributed by atoms with E-state index in [9.17, 15) is 0 Å². The smallest absolute Gasteiger partial charge is 0.223 e. The largest absolute Gasteiger partial charge is 0.496 e. The molecule has 0 bridgehead atoms. The first-order chi connectivity index (χ1) is 12.2. The van der Waals surface area contributed by atoms with Crippen molar-refractivity contribution in [3.8, 4) is 17.0 Å². The fourth-order valence-corrected chi connectivity index (χ4v) is 3.72. The van der Waals surface area contributed by atoms with Gasteiger partial charge in [0, 0.05) is 17.8 Å². The van der Waals surface area contributed by atoms with E-state index in [-0.39, 0.29) is 0 Å². The second-order valence-corrected chi connectivity index (χ2v) is 7.38. The lowest BCUT2D eigenvalue weighted by molar-refractivity contribution is 0.410. The van der Waals surface area contributed by atoms with Gasteiger partial charge in [-0.1, -0.05) is 38.8 Å². The van der Waals surface area contributed by atoms with Crippen molar-refractivity contribution in [3.05, 3.63) is 36.5 Å². The Hall–Kier alpha value is -2.10. The lowest BCUT2D eigenvalue weighted by Crippen LogP contribution is -2.25. The predicted molar refractivity (Wildman–Crippen MR) is 103 cm³/mol. The van der Waals surface area contributed by atoms with Crippen LogP contribution in [-0.2, 0) is 0 Å². The molecule has 1 fully saturated rings. The minimum absolute atomic E-state index is 0.492. The first-order valence-corrected chi connectivity index (χ1v) is 9.40. The van der Waals surface area contributed by atoms with Crippen molar-refractivity contribution in [2.75, 3.05) is 12.4 Å². The predicted octanol–water partition coefficient (Wildman–Crippen LogP) is 5.17. The third-order valence-corrected chi connectivity index (χ3v) is 5.13. The molecule has 1 saturated carbocycles. The molecule has 2 unspecified atom stereocenters. The van der Waals surface area contributed by atoms with Gasteiger partial charge in [-0.15, -0.1) is 0 Å². The van der Waals surface area contributed by atoms with Gasteiger partial charge in [-0.25, -0.2) is 9.97 Å². The first-order valence-electron chi connectivity index (χ1n) is 9.40. The average Bonchev–Trinajstić information content (AvgIpc) is 3.07. The van der Waals surface area contributed by atoms with Gasteiger partial charge >= 0.3 is 0 Å². The van der Waals surface area contributed by atoms with Crippen LogP contribution in [-0.4, -0.2) is 23.1 Å². The number of ether oxygens (including phenoxy) is 1. The summed E-state index contributed by atoms with van der Waals surface area (Å²) in [5.74, 6) is 3.07. The Morgan fingerprint density at radius 2 is 2.04 bits per heavy atom. The number of hydrogen-bond acceptors (Lipinski definition) is 4. The van der Waals surface area contributed by atoms with E-state index in [1.807, 2.05) is 36.5 Å². The van der Waals surface area contributed by atoms with Gasteiger partial charge in [-0.3, -0.25) is 0 Å². The Bertz CT molecular complexity index is 686. The van der Waals surface area contributed by atoms with E-state index >= 15 is 0 Å². The molecular formula is C21H29N3O. The lowest BCUT2D eigenvalue weighted by atomic mass is 9.94. The van der Waals surface area contributed by atoms with Gasteiger partial charge in [0.25, 0.3) is 0 Å². The van der Waals surface area contributed by atoms with E-state index in [0.717, 1.165) is 34.8 Å². The summed E-state index contributed by atoms with van der Waals surface area (Å²) in [6.07, 6.45) is 8.25. The van der Waals surface area contributed by atoms with Gasteiger partial charge in [0.15, 0.2) is 0 Å². The number of benzene rings is 1. The minimum atomic E-state index is 0.492. The third-order valence-electron chi connectivity index (χ3n) is 5.13. The van der Waals surface area contributed by atoms with Gasteiger partial charge in [0.2, 0.25) is 5.95 Å². The van der Waals surface area contributed by atoms with Crippen molar-refractivity contribution in [1.29, 1.82) is 0 Å². The maximum Gasteiger partial charge on any atom is 0.223 e. The Kier molecular flexibility index (Phi) is 5.90. The quantitative estimate of drug-likeness (QED) is 0.756. The van der Waals surface area contributed by atoms with Crippen LogP contribution in [0, 0.1) is 11.8 Å². The molecule has 25 heavy (non-hydrogen) atoms. The number of nitrogens with one attached hydrogen (secondary N) is 1. The molecule has 1 N–H and O–H groups in total. The highest BCUT2D eigenvalue weighted by molar-refractivity contribution is 5.67. The van der Waals surface area contributed by atoms with Crippen LogP contribution in [0.4, 0.5) is 5.95 Å². The standard InChI is InChI=1S/C21H29N3O/c1-15(2)11-12-16-7-6-9-18(16)23-21-22-14-13-19(24-21)17-8-4-5-10-20(17)25-3/h4-5,8,10,13-16,18H,6-7,9,11-12H2,1-3H3,(H,22,23,24). The van der Waals surface area contributed by atoms with E-state index in [1.54, 1.807) is 7.11 Å². The van der Waals surface area contributed by atoms with Crippen LogP contribution in [0.25, 0.3) is 11.3 Å². The summed E-state index contributed by atoms with van der Waals surface area (Å²) >= 11 is 0. The summed E-state index contributed by atoms with van der Waals surface area (Å²) in [6, 6.07) is 10.4. The normalized spacial score (nSPS) is 20.0. The van der Waals surface area contributed by atoms with Crippen molar-refractivity contribution in [2.24, 2.45) is 11.8 Å². The van der Waals surface area contributed by atoms with Crippen molar-refractivity contribution in [3.63, 3.8) is 0 Å². The minimum Gasteiger partial charge on any atom is -0.496 e. The van der Waals surface area contributed by atoms with E-state index in [2.05, 4.69) is 24.1 Å². The second-order valence-electron chi connectivity index (χ2n) is 7.38. The van der Waals surface area contributed by atoms with Crippen LogP contribution in [0.15, 0.2) is 36.5 Å². The molecule has 0 saturated heterocycles. The van der Waals surface area contributed by atoms with Gasteiger partial charge in [-0.05, 0) is 49.3 Å². The summed E-state index contributed by atoms with van der Waals surface area (Å²) < 4.78 is 5.46. The molecule has 2 atom stereocenters. The Morgan fingerprint density at radius 1 is 1.20 bits per heavy atom. The highest BCUT2D eigenvalue weighted by Crippen LogP contribution is 2.33. The number of rotatable bonds is 7. The molecular weight excluding hydrogens is 310 g/mol. The third kappa shape index (κ3) is 4.50. The van der Waals surface area contributed by atoms with Crippen molar-refractivity contribution in [1.82, 2.24) is 9.97 Å². The maximum atomic E-state index is 5.46. The molecule has 0 spiro atoms. The van der Waals surface area contributed by atoms with Crippen LogP contribution in [0.3, 0.4) is 0 Å². The van der Waals surface area contributed by atoms with E-state index in [0.29, 0.717) is 6.04 Å². The number of anilines is 1.